The zero-order valence-electron chi connectivity index (χ0n) is 11.5. The molecule has 2 rings (SSSR count). The number of hydrogen-bond acceptors (Lipinski definition) is 2. The van der Waals surface area contributed by atoms with Crippen molar-refractivity contribution in [3.63, 3.8) is 0 Å². The minimum Gasteiger partial charge on any atom is -0.453 e. The van der Waals surface area contributed by atoms with Gasteiger partial charge in [-0.3, -0.25) is 0 Å². The second-order valence-electron chi connectivity index (χ2n) is 4.47. The second-order valence-corrected chi connectivity index (χ2v) is 5.63. The molecule has 0 aliphatic heterocycles. The third-order valence-corrected chi connectivity index (χ3v) is 3.91. The van der Waals surface area contributed by atoms with Crippen LogP contribution in [0.25, 0.3) is 0 Å². The lowest BCUT2D eigenvalue weighted by Crippen LogP contribution is -2.18. The van der Waals surface area contributed by atoms with Crippen molar-refractivity contribution in [2.45, 2.75) is 19.9 Å². The molecule has 0 saturated heterocycles. The lowest BCUT2D eigenvalue weighted by Gasteiger charge is -2.18. The summed E-state index contributed by atoms with van der Waals surface area (Å²) in [5.41, 5.74) is 0.825. The summed E-state index contributed by atoms with van der Waals surface area (Å²) in [6, 6.07) is 12.6. The molecule has 0 radical (unpaired) electrons. The minimum atomic E-state index is -0.341. The zero-order chi connectivity index (χ0) is 14.5. The number of ether oxygens (including phenoxy) is 1. The van der Waals surface area contributed by atoms with E-state index in [9.17, 15) is 4.39 Å². The highest BCUT2D eigenvalue weighted by Gasteiger charge is 2.16. The fourth-order valence-corrected chi connectivity index (χ4v) is 2.53. The van der Waals surface area contributed by atoms with E-state index >= 15 is 0 Å². The fourth-order valence-electron chi connectivity index (χ4n) is 2.03. The molecule has 0 spiro atoms. The minimum absolute atomic E-state index is 0.0343. The molecule has 0 aliphatic carbocycles. The van der Waals surface area contributed by atoms with Crippen LogP contribution in [-0.2, 0) is 0 Å². The molecule has 2 nitrogen and oxygen atoms in total. The van der Waals surface area contributed by atoms with Gasteiger partial charge in [0.25, 0.3) is 0 Å². The van der Waals surface area contributed by atoms with E-state index < -0.39 is 0 Å². The van der Waals surface area contributed by atoms with Gasteiger partial charge in [0.15, 0.2) is 11.6 Å². The molecule has 0 bridgehead atoms. The Bertz CT molecular complexity index is 588. The first-order chi connectivity index (χ1) is 9.63. The van der Waals surface area contributed by atoms with Gasteiger partial charge in [0, 0.05) is 11.6 Å². The maximum atomic E-state index is 14.1. The Hall–Kier alpha value is -1.14. The average molecular weight is 385 g/mol. The molecule has 20 heavy (non-hydrogen) atoms. The molecule has 106 valence electrons. The van der Waals surface area contributed by atoms with Crippen LogP contribution < -0.4 is 10.1 Å². The molecule has 4 heteroatoms. The Labute approximate surface area is 132 Å². The van der Waals surface area contributed by atoms with Crippen LogP contribution in [0.15, 0.2) is 42.5 Å². The number of benzene rings is 2. The Balaban J connectivity index is 2.38. The summed E-state index contributed by atoms with van der Waals surface area (Å²) >= 11 is 2.18. The average Bonchev–Trinajstić information content (AvgIpc) is 2.43. The monoisotopic (exact) mass is 385 g/mol. The summed E-state index contributed by atoms with van der Waals surface area (Å²) in [6.45, 7) is 4.84. The molecule has 2 aromatic carbocycles. The first kappa shape index (κ1) is 15.3. The molecule has 1 unspecified atom stereocenters. The molecule has 0 amide bonds. The van der Waals surface area contributed by atoms with Crippen LogP contribution in [0.2, 0.25) is 0 Å². The van der Waals surface area contributed by atoms with Gasteiger partial charge in [-0.25, -0.2) is 4.39 Å². The lowest BCUT2D eigenvalue weighted by atomic mass is 10.1. The van der Waals surface area contributed by atoms with Gasteiger partial charge in [-0.05, 0) is 54.3 Å². The predicted molar refractivity (Wildman–Crippen MR) is 87.7 cm³/mol. The van der Waals surface area contributed by atoms with Crippen molar-refractivity contribution in [3.05, 3.63) is 57.4 Å². The van der Waals surface area contributed by atoms with Crippen molar-refractivity contribution in [1.82, 2.24) is 5.32 Å². The standard InChI is InChI=1S/C16H17FINO/c1-3-19-11(2)12-7-6-8-13(17)16(12)20-15-10-5-4-9-14(15)18/h4-11,19H,3H2,1-2H3. The van der Waals surface area contributed by atoms with Gasteiger partial charge in [0.2, 0.25) is 0 Å². The molecule has 0 fully saturated rings. The van der Waals surface area contributed by atoms with Crippen LogP contribution in [0.5, 0.6) is 11.5 Å². The van der Waals surface area contributed by atoms with E-state index in [1.165, 1.54) is 6.07 Å². The van der Waals surface area contributed by atoms with Crippen molar-refractivity contribution in [2.24, 2.45) is 0 Å². The molecule has 1 atom stereocenters. The number of rotatable bonds is 5. The fraction of sp³-hybridized carbons (Fsp3) is 0.250. The van der Waals surface area contributed by atoms with Gasteiger partial charge in [-0.15, -0.1) is 0 Å². The normalized spacial score (nSPS) is 12.2. The third-order valence-electron chi connectivity index (χ3n) is 3.02. The number of nitrogens with one attached hydrogen (secondary N) is 1. The molecular weight excluding hydrogens is 368 g/mol. The summed E-state index contributed by atoms with van der Waals surface area (Å²) in [6.07, 6.45) is 0. The topological polar surface area (TPSA) is 21.3 Å². The molecular formula is C16H17FINO. The highest BCUT2D eigenvalue weighted by Crippen LogP contribution is 2.34. The van der Waals surface area contributed by atoms with Gasteiger partial charge in [-0.2, -0.15) is 0 Å². The summed E-state index contributed by atoms with van der Waals surface area (Å²) < 4.78 is 20.9. The van der Waals surface area contributed by atoms with E-state index in [0.29, 0.717) is 11.5 Å². The first-order valence-electron chi connectivity index (χ1n) is 6.57. The Kier molecular flexibility index (Phi) is 5.37. The molecule has 0 saturated carbocycles. The van der Waals surface area contributed by atoms with Gasteiger partial charge >= 0.3 is 0 Å². The number of hydrogen-bond donors (Lipinski definition) is 1. The van der Waals surface area contributed by atoms with Crippen LogP contribution in [-0.4, -0.2) is 6.54 Å². The SMILES string of the molecule is CCNC(C)c1cccc(F)c1Oc1ccccc1I. The molecule has 0 heterocycles. The van der Waals surface area contributed by atoms with E-state index in [1.54, 1.807) is 6.07 Å². The third kappa shape index (κ3) is 3.49. The first-order valence-corrected chi connectivity index (χ1v) is 7.65. The van der Waals surface area contributed by atoms with E-state index in [2.05, 4.69) is 27.9 Å². The second kappa shape index (κ2) is 7.04. The summed E-state index contributed by atoms with van der Waals surface area (Å²) in [5.74, 6) is 0.625. The van der Waals surface area contributed by atoms with Crippen molar-refractivity contribution >= 4 is 22.6 Å². The van der Waals surface area contributed by atoms with Gasteiger partial charge < -0.3 is 10.1 Å². The lowest BCUT2D eigenvalue weighted by molar-refractivity contribution is 0.424. The number of para-hydroxylation sites is 2. The van der Waals surface area contributed by atoms with Gasteiger partial charge in [-0.1, -0.05) is 31.2 Å². The van der Waals surface area contributed by atoms with Gasteiger partial charge in [0.1, 0.15) is 5.75 Å². The van der Waals surface area contributed by atoms with E-state index in [4.69, 9.17) is 4.74 Å². The predicted octanol–water partition coefficient (Wildman–Crippen LogP) is 4.89. The van der Waals surface area contributed by atoms with Crippen LogP contribution >= 0.6 is 22.6 Å². The molecule has 1 N–H and O–H groups in total. The van der Waals surface area contributed by atoms with Crippen LogP contribution in [0, 0.1) is 9.39 Å². The summed E-state index contributed by atoms with van der Waals surface area (Å²) in [4.78, 5) is 0. The number of halogens is 2. The Morgan fingerprint density at radius 1 is 1.20 bits per heavy atom. The van der Waals surface area contributed by atoms with Crippen molar-refractivity contribution in [1.29, 1.82) is 0 Å². The van der Waals surface area contributed by atoms with E-state index in [0.717, 1.165) is 15.7 Å². The maximum absolute atomic E-state index is 14.1. The van der Waals surface area contributed by atoms with Crippen molar-refractivity contribution < 1.29 is 9.13 Å². The van der Waals surface area contributed by atoms with Crippen molar-refractivity contribution in [2.75, 3.05) is 6.54 Å². The van der Waals surface area contributed by atoms with Crippen LogP contribution in [0.4, 0.5) is 4.39 Å². The maximum Gasteiger partial charge on any atom is 0.167 e. The Morgan fingerprint density at radius 2 is 1.95 bits per heavy atom. The quantitative estimate of drug-likeness (QED) is 0.740. The van der Waals surface area contributed by atoms with Crippen molar-refractivity contribution in [3.8, 4) is 11.5 Å². The summed E-state index contributed by atoms with van der Waals surface area (Å²) in [7, 11) is 0. The zero-order valence-corrected chi connectivity index (χ0v) is 13.6. The molecule has 2 aromatic rings. The molecule has 0 aliphatic rings. The van der Waals surface area contributed by atoms with Gasteiger partial charge in [0.05, 0.1) is 3.57 Å². The van der Waals surface area contributed by atoms with Crippen LogP contribution in [0.3, 0.4) is 0 Å². The van der Waals surface area contributed by atoms with E-state index in [-0.39, 0.29) is 11.9 Å². The highest BCUT2D eigenvalue weighted by atomic mass is 127. The van der Waals surface area contributed by atoms with Crippen LogP contribution in [0.1, 0.15) is 25.5 Å². The highest BCUT2D eigenvalue weighted by molar-refractivity contribution is 14.1. The molecule has 0 aromatic heterocycles. The Morgan fingerprint density at radius 3 is 2.65 bits per heavy atom. The summed E-state index contributed by atoms with van der Waals surface area (Å²) in [5, 5.41) is 3.28. The van der Waals surface area contributed by atoms with E-state index in [1.807, 2.05) is 44.2 Å². The smallest absolute Gasteiger partial charge is 0.167 e. The largest absolute Gasteiger partial charge is 0.453 e.